The molecule has 8 heteroatoms. The number of hydrogen-bond donors (Lipinski definition) is 1. The standard InChI is InChI=1S/C17H22N6O2/c1-11-15(20-12(2)21-17(11)25-3)22-7-9-23(10-8-22)16-13(14(18)24)5-4-6-19-16/h4-6H,7-10H2,1-3H3,(H2,18,24). The third-order valence-electron chi connectivity index (χ3n) is 4.31. The van der Waals surface area contributed by atoms with Gasteiger partial charge in [-0.3, -0.25) is 4.79 Å². The van der Waals surface area contributed by atoms with E-state index in [9.17, 15) is 4.79 Å². The topological polar surface area (TPSA) is 97.5 Å². The fourth-order valence-electron chi connectivity index (χ4n) is 3.07. The van der Waals surface area contributed by atoms with Gasteiger partial charge in [0.25, 0.3) is 5.91 Å². The minimum absolute atomic E-state index is 0.451. The fourth-order valence-corrected chi connectivity index (χ4v) is 3.07. The fraction of sp³-hybridized carbons (Fsp3) is 0.412. The van der Waals surface area contributed by atoms with Gasteiger partial charge in [-0.15, -0.1) is 0 Å². The van der Waals surface area contributed by atoms with Crippen molar-refractivity contribution in [2.24, 2.45) is 5.73 Å². The summed E-state index contributed by atoms with van der Waals surface area (Å²) in [6.07, 6.45) is 1.68. The van der Waals surface area contributed by atoms with Crippen molar-refractivity contribution in [2.45, 2.75) is 13.8 Å². The van der Waals surface area contributed by atoms with Crippen molar-refractivity contribution in [2.75, 3.05) is 43.1 Å². The molecule has 2 N–H and O–H groups in total. The van der Waals surface area contributed by atoms with E-state index in [1.165, 1.54) is 0 Å². The predicted molar refractivity (Wildman–Crippen MR) is 95.2 cm³/mol. The number of primary amides is 1. The molecule has 1 amide bonds. The van der Waals surface area contributed by atoms with Crippen LogP contribution in [0, 0.1) is 13.8 Å². The number of ether oxygens (including phenoxy) is 1. The predicted octanol–water partition coefficient (Wildman–Crippen LogP) is 0.923. The molecule has 0 unspecified atom stereocenters. The number of hydrogen-bond acceptors (Lipinski definition) is 7. The van der Waals surface area contributed by atoms with Gasteiger partial charge >= 0.3 is 0 Å². The maximum Gasteiger partial charge on any atom is 0.252 e. The van der Waals surface area contributed by atoms with E-state index < -0.39 is 5.91 Å². The van der Waals surface area contributed by atoms with Crippen LogP contribution in [0.25, 0.3) is 0 Å². The third kappa shape index (κ3) is 3.33. The summed E-state index contributed by atoms with van der Waals surface area (Å²) in [7, 11) is 1.61. The molecule has 0 atom stereocenters. The zero-order valence-electron chi connectivity index (χ0n) is 14.7. The Balaban J connectivity index is 1.79. The summed E-state index contributed by atoms with van der Waals surface area (Å²) in [6.45, 7) is 6.79. The Labute approximate surface area is 146 Å². The summed E-state index contributed by atoms with van der Waals surface area (Å²) in [6, 6.07) is 3.43. The molecule has 132 valence electrons. The minimum atomic E-state index is -0.461. The number of aryl methyl sites for hydroxylation is 1. The molecule has 3 rings (SSSR count). The quantitative estimate of drug-likeness (QED) is 0.882. The maximum atomic E-state index is 11.6. The zero-order chi connectivity index (χ0) is 18.0. The summed E-state index contributed by atoms with van der Waals surface area (Å²) >= 11 is 0. The molecule has 0 aromatic carbocycles. The lowest BCUT2D eigenvalue weighted by molar-refractivity contribution is 0.100. The number of amides is 1. The van der Waals surface area contributed by atoms with Gasteiger partial charge in [0.1, 0.15) is 17.5 Å². The summed E-state index contributed by atoms with van der Waals surface area (Å²) in [4.78, 5) is 29.1. The Morgan fingerprint density at radius 3 is 2.36 bits per heavy atom. The van der Waals surface area contributed by atoms with Gasteiger partial charge < -0.3 is 20.3 Å². The van der Waals surface area contributed by atoms with Crippen LogP contribution in [0.1, 0.15) is 21.7 Å². The smallest absolute Gasteiger partial charge is 0.252 e. The average molecular weight is 342 g/mol. The lowest BCUT2D eigenvalue weighted by Crippen LogP contribution is -2.48. The summed E-state index contributed by atoms with van der Waals surface area (Å²) in [5.41, 5.74) is 6.84. The molecule has 3 heterocycles. The van der Waals surface area contributed by atoms with Crippen LogP contribution in [0.3, 0.4) is 0 Å². The number of carbonyl (C=O) groups excluding carboxylic acids is 1. The van der Waals surface area contributed by atoms with Crippen molar-refractivity contribution in [3.8, 4) is 5.88 Å². The molecule has 0 spiro atoms. The highest BCUT2D eigenvalue weighted by molar-refractivity contribution is 5.97. The molecule has 1 aliphatic rings. The van der Waals surface area contributed by atoms with E-state index in [-0.39, 0.29) is 0 Å². The first-order chi connectivity index (χ1) is 12.0. The number of nitrogens with two attached hydrogens (primary N) is 1. The van der Waals surface area contributed by atoms with Gasteiger partial charge in [0, 0.05) is 32.4 Å². The molecule has 2 aromatic rings. The number of anilines is 2. The SMILES string of the molecule is COc1nc(C)nc(N2CCN(c3ncccc3C(N)=O)CC2)c1C. The Hall–Kier alpha value is -2.90. The number of carbonyl (C=O) groups is 1. The maximum absolute atomic E-state index is 11.6. The highest BCUT2D eigenvalue weighted by atomic mass is 16.5. The van der Waals surface area contributed by atoms with E-state index in [0.717, 1.165) is 37.6 Å². The van der Waals surface area contributed by atoms with Gasteiger partial charge in [-0.2, -0.15) is 4.98 Å². The van der Waals surface area contributed by atoms with Gasteiger partial charge in [0.05, 0.1) is 18.2 Å². The van der Waals surface area contributed by atoms with Crippen molar-refractivity contribution >= 4 is 17.5 Å². The van der Waals surface area contributed by atoms with Crippen molar-refractivity contribution in [3.05, 3.63) is 35.3 Å². The van der Waals surface area contributed by atoms with Crippen molar-refractivity contribution in [1.82, 2.24) is 15.0 Å². The Kier molecular flexibility index (Phi) is 4.69. The number of nitrogens with zero attached hydrogens (tertiary/aromatic N) is 5. The summed E-state index contributed by atoms with van der Waals surface area (Å²) < 4.78 is 5.34. The molecule has 25 heavy (non-hydrogen) atoms. The van der Waals surface area contributed by atoms with Crippen LogP contribution in [0.15, 0.2) is 18.3 Å². The lowest BCUT2D eigenvalue weighted by atomic mass is 10.2. The average Bonchev–Trinajstić information content (AvgIpc) is 2.63. The van der Waals surface area contributed by atoms with Crippen LogP contribution in [-0.4, -0.2) is 54.1 Å². The van der Waals surface area contributed by atoms with Crippen molar-refractivity contribution < 1.29 is 9.53 Å². The van der Waals surface area contributed by atoms with E-state index in [0.29, 0.717) is 23.1 Å². The molecule has 0 saturated carbocycles. The van der Waals surface area contributed by atoms with Crippen molar-refractivity contribution in [1.29, 1.82) is 0 Å². The first-order valence-corrected chi connectivity index (χ1v) is 8.15. The van der Waals surface area contributed by atoms with Gasteiger partial charge in [0.15, 0.2) is 0 Å². The third-order valence-corrected chi connectivity index (χ3v) is 4.31. The summed E-state index contributed by atoms with van der Waals surface area (Å²) in [5.74, 6) is 2.35. The van der Waals surface area contributed by atoms with E-state index in [4.69, 9.17) is 10.5 Å². The molecule has 1 aliphatic heterocycles. The van der Waals surface area contributed by atoms with E-state index in [1.807, 2.05) is 13.8 Å². The second-order valence-corrected chi connectivity index (χ2v) is 5.94. The van der Waals surface area contributed by atoms with Gasteiger partial charge in [-0.25, -0.2) is 9.97 Å². The molecular formula is C17H22N6O2. The molecular weight excluding hydrogens is 320 g/mol. The highest BCUT2D eigenvalue weighted by Gasteiger charge is 2.24. The molecule has 1 fully saturated rings. The molecule has 8 nitrogen and oxygen atoms in total. The van der Waals surface area contributed by atoms with E-state index >= 15 is 0 Å². The Morgan fingerprint density at radius 1 is 1.12 bits per heavy atom. The molecule has 0 radical (unpaired) electrons. The molecule has 0 bridgehead atoms. The minimum Gasteiger partial charge on any atom is -0.481 e. The molecule has 2 aromatic heterocycles. The highest BCUT2D eigenvalue weighted by Crippen LogP contribution is 2.27. The van der Waals surface area contributed by atoms with E-state index in [2.05, 4.69) is 24.8 Å². The second-order valence-electron chi connectivity index (χ2n) is 5.94. The number of piperazine rings is 1. The number of pyridine rings is 1. The van der Waals surface area contributed by atoms with Crippen LogP contribution in [0.5, 0.6) is 5.88 Å². The van der Waals surface area contributed by atoms with Crippen LogP contribution in [0.2, 0.25) is 0 Å². The Bertz CT molecular complexity index is 787. The number of methoxy groups -OCH3 is 1. The first-order valence-electron chi connectivity index (χ1n) is 8.15. The molecule has 0 aliphatic carbocycles. The zero-order valence-corrected chi connectivity index (χ0v) is 14.7. The largest absolute Gasteiger partial charge is 0.481 e. The molecule has 1 saturated heterocycles. The second kappa shape index (κ2) is 6.92. The van der Waals surface area contributed by atoms with E-state index in [1.54, 1.807) is 25.4 Å². The van der Waals surface area contributed by atoms with Crippen LogP contribution >= 0.6 is 0 Å². The van der Waals surface area contributed by atoms with Crippen LogP contribution in [0.4, 0.5) is 11.6 Å². The first kappa shape index (κ1) is 16.9. The van der Waals surface area contributed by atoms with Gasteiger partial charge in [-0.1, -0.05) is 0 Å². The normalized spacial score (nSPS) is 14.5. The summed E-state index contributed by atoms with van der Waals surface area (Å²) in [5, 5.41) is 0. The van der Waals surface area contributed by atoms with Crippen LogP contribution in [-0.2, 0) is 0 Å². The number of aromatic nitrogens is 3. The monoisotopic (exact) mass is 342 g/mol. The van der Waals surface area contributed by atoms with Gasteiger partial charge in [0.2, 0.25) is 5.88 Å². The lowest BCUT2D eigenvalue weighted by Gasteiger charge is -2.37. The van der Waals surface area contributed by atoms with Gasteiger partial charge in [-0.05, 0) is 26.0 Å². The Morgan fingerprint density at radius 2 is 1.76 bits per heavy atom. The van der Waals surface area contributed by atoms with Crippen molar-refractivity contribution in [3.63, 3.8) is 0 Å². The number of rotatable bonds is 4. The van der Waals surface area contributed by atoms with Crippen LogP contribution < -0.4 is 20.3 Å².